The highest BCUT2D eigenvalue weighted by Crippen LogP contribution is 2.27. The van der Waals surface area contributed by atoms with Crippen molar-refractivity contribution in [2.24, 2.45) is 0 Å². The van der Waals surface area contributed by atoms with Crippen molar-refractivity contribution in [3.8, 4) is 17.2 Å². The lowest BCUT2D eigenvalue weighted by Crippen LogP contribution is -2.09. The first kappa shape index (κ1) is 17.7. The van der Waals surface area contributed by atoms with E-state index in [1.54, 1.807) is 25.1 Å². The van der Waals surface area contributed by atoms with Gasteiger partial charge in [-0.2, -0.15) is 9.67 Å². The van der Waals surface area contributed by atoms with Gasteiger partial charge < -0.3 is 14.8 Å². The molecule has 0 unspecified atom stereocenters. The van der Waals surface area contributed by atoms with Crippen LogP contribution in [0, 0.1) is 0 Å². The molecule has 28 heavy (non-hydrogen) atoms. The molecule has 4 aromatic rings. The third-order valence-corrected chi connectivity index (χ3v) is 4.34. The van der Waals surface area contributed by atoms with Crippen molar-refractivity contribution in [1.82, 2.24) is 25.0 Å². The number of benzene rings is 2. The third kappa shape index (κ3) is 3.57. The lowest BCUT2D eigenvalue weighted by Gasteiger charge is -2.10. The van der Waals surface area contributed by atoms with Crippen molar-refractivity contribution >= 4 is 17.1 Å². The van der Waals surface area contributed by atoms with E-state index < -0.39 is 0 Å². The summed E-state index contributed by atoms with van der Waals surface area (Å²) in [6.45, 7) is 0.674. The zero-order valence-corrected chi connectivity index (χ0v) is 15.7. The van der Waals surface area contributed by atoms with Crippen molar-refractivity contribution in [3.63, 3.8) is 0 Å². The molecule has 0 aliphatic carbocycles. The second-order valence-corrected chi connectivity index (χ2v) is 6.11. The van der Waals surface area contributed by atoms with Gasteiger partial charge in [0, 0.05) is 6.54 Å². The fraction of sp³-hybridized carbons (Fsp3) is 0.200. The number of nitrogens with one attached hydrogen (secondary N) is 1. The number of rotatable bonds is 7. The molecular weight excluding hydrogens is 356 g/mol. The van der Waals surface area contributed by atoms with Crippen molar-refractivity contribution in [2.75, 3.05) is 26.1 Å². The molecule has 142 valence electrons. The van der Waals surface area contributed by atoms with E-state index >= 15 is 0 Å². The number of fused-ring (bicyclic) bond motifs is 1. The summed E-state index contributed by atoms with van der Waals surface area (Å²) in [5.41, 5.74) is 3.34. The zero-order chi connectivity index (χ0) is 19.3. The fourth-order valence-corrected chi connectivity index (χ4v) is 2.91. The van der Waals surface area contributed by atoms with Gasteiger partial charge in [-0.25, -0.2) is 4.98 Å². The summed E-state index contributed by atoms with van der Waals surface area (Å²) in [6, 6.07) is 15.7. The highest BCUT2D eigenvalue weighted by atomic mass is 16.5. The Kier molecular flexibility index (Phi) is 5.01. The van der Waals surface area contributed by atoms with Crippen LogP contribution in [-0.4, -0.2) is 45.7 Å². The Balaban J connectivity index is 1.48. The lowest BCUT2D eigenvalue weighted by molar-refractivity contribution is 0.354. The normalized spacial score (nSPS) is 10.8. The van der Waals surface area contributed by atoms with Crippen molar-refractivity contribution in [3.05, 3.63) is 60.3 Å². The van der Waals surface area contributed by atoms with Gasteiger partial charge in [0.05, 0.1) is 26.1 Å². The molecular formula is C20H20N6O2. The Bertz CT molecular complexity index is 1080. The zero-order valence-electron chi connectivity index (χ0n) is 15.7. The summed E-state index contributed by atoms with van der Waals surface area (Å²) in [7, 11) is 3.26. The molecule has 0 radical (unpaired) electrons. The minimum absolute atomic E-state index is 0.535. The van der Waals surface area contributed by atoms with Crippen LogP contribution in [-0.2, 0) is 6.42 Å². The molecule has 0 spiro atoms. The number of hydrogen-bond donors (Lipinski definition) is 1. The number of nitrogens with zero attached hydrogens (tertiary/aromatic N) is 5. The number of ether oxygens (including phenoxy) is 2. The summed E-state index contributed by atoms with van der Waals surface area (Å²) in [5, 5.41) is 11.6. The molecule has 1 N–H and O–H groups in total. The van der Waals surface area contributed by atoms with Gasteiger partial charge in [0.15, 0.2) is 22.7 Å². The van der Waals surface area contributed by atoms with Gasteiger partial charge in [-0.3, -0.25) is 0 Å². The van der Waals surface area contributed by atoms with Crippen LogP contribution in [0.2, 0.25) is 0 Å². The molecule has 0 aliphatic heterocycles. The average molecular weight is 376 g/mol. The van der Waals surface area contributed by atoms with E-state index in [2.05, 4.69) is 25.6 Å². The SMILES string of the molecule is COc1ccc(CCNc2ncc3nnn(-c4ccccc4)c3n2)cc1OC. The van der Waals surface area contributed by atoms with Gasteiger partial charge in [0.2, 0.25) is 5.95 Å². The largest absolute Gasteiger partial charge is 0.493 e. The molecule has 2 aromatic heterocycles. The quantitative estimate of drug-likeness (QED) is 0.531. The summed E-state index contributed by atoms with van der Waals surface area (Å²) >= 11 is 0. The molecule has 8 heteroatoms. The molecule has 0 saturated carbocycles. The molecule has 2 aromatic carbocycles. The molecule has 4 rings (SSSR count). The van der Waals surface area contributed by atoms with E-state index in [1.807, 2.05) is 48.5 Å². The van der Waals surface area contributed by atoms with Crippen molar-refractivity contribution in [1.29, 1.82) is 0 Å². The minimum atomic E-state index is 0.535. The van der Waals surface area contributed by atoms with Crippen LogP contribution in [0.4, 0.5) is 5.95 Å². The molecule has 0 saturated heterocycles. The Labute approximate surface area is 162 Å². The topological polar surface area (TPSA) is 87.0 Å². The van der Waals surface area contributed by atoms with E-state index in [9.17, 15) is 0 Å². The van der Waals surface area contributed by atoms with Crippen LogP contribution >= 0.6 is 0 Å². The lowest BCUT2D eigenvalue weighted by atomic mass is 10.1. The Morgan fingerprint density at radius 2 is 1.82 bits per heavy atom. The van der Waals surface area contributed by atoms with E-state index in [0.717, 1.165) is 29.2 Å². The first-order valence-electron chi connectivity index (χ1n) is 8.87. The molecule has 0 atom stereocenters. The van der Waals surface area contributed by atoms with E-state index in [0.29, 0.717) is 23.7 Å². The number of hydrogen-bond acceptors (Lipinski definition) is 7. The van der Waals surface area contributed by atoms with Gasteiger partial charge in [-0.1, -0.05) is 29.5 Å². The monoisotopic (exact) mass is 376 g/mol. The van der Waals surface area contributed by atoms with Gasteiger partial charge in [0.25, 0.3) is 0 Å². The first-order chi connectivity index (χ1) is 13.8. The Morgan fingerprint density at radius 1 is 1.00 bits per heavy atom. The second-order valence-electron chi connectivity index (χ2n) is 6.11. The minimum Gasteiger partial charge on any atom is -0.493 e. The highest BCUT2D eigenvalue weighted by molar-refractivity contribution is 5.71. The molecule has 0 fully saturated rings. The van der Waals surface area contributed by atoms with Crippen molar-refractivity contribution < 1.29 is 9.47 Å². The number of methoxy groups -OCH3 is 2. The average Bonchev–Trinajstić information content (AvgIpc) is 3.17. The van der Waals surface area contributed by atoms with Crippen LogP contribution in [0.1, 0.15) is 5.56 Å². The van der Waals surface area contributed by atoms with E-state index in [-0.39, 0.29) is 0 Å². The van der Waals surface area contributed by atoms with Crippen LogP contribution in [0.15, 0.2) is 54.7 Å². The van der Waals surface area contributed by atoms with Crippen LogP contribution < -0.4 is 14.8 Å². The second kappa shape index (κ2) is 7.91. The first-order valence-corrected chi connectivity index (χ1v) is 8.87. The number of para-hydroxylation sites is 1. The summed E-state index contributed by atoms with van der Waals surface area (Å²) in [5.74, 6) is 1.97. The van der Waals surface area contributed by atoms with Crippen molar-refractivity contribution in [2.45, 2.75) is 6.42 Å². The molecule has 0 amide bonds. The molecule has 0 aliphatic rings. The highest BCUT2D eigenvalue weighted by Gasteiger charge is 2.10. The van der Waals surface area contributed by atoms with E-state index in [4.69, 9.17) is 9.47 Å². The van der Waals surface area contributed by atoms with Crippen LogP contribution in [0.3, 0.4) is 0 Å². The molecule has 2 heterocycles. The summed E-state index contributed by atoms with van der Waals surface area (Å²) in [6.07, 6.45) is 2.46. The maximum Gasteiger partial charge on any atom is 0.224 e. The summed E-state index contributed by atoms with van der Waals surface area (Å²) in [4.78, 5) is 8.90. The van der Waals surface area contributed by atoms with E-state index in [1.165, 1.54) is 0 Å². The smallest absolute Gasteiger partial charge is 0.224 e. The standard InChI is InChI=1S/C20H20N6O2/c1-27-17-9-8-14(12-18(17)28-2)10-11-21-20-22-13-16-19(23-20)26(25-24-16)15-6-4-3-5-7-15/h3-9,12-13H,10-11H2,1-2H3,(H,21,22,23). The summed E-state index contributed by atoms with van der Waals surface area (Å²) < 4.78 is 12.3. The maximum atomic E-state index is 5.35. The number of aromatic nitrogens is 5. The predicted molar refractivity (Wildman–Crippen MR) is 106 cm³/mol. The van der Waals surface area contributed by atoms with Crippen LogP contribution in [0.25, 0.3) is 16.9 Å². The Hall–Kier alpha value is -3.68. The van der Waals surface area contributed by atoms with Gasteiger partial charge in [0.1, 0.15) is 0 Å². The van der Waals surface area contributed by atoms with Gasteiger partial charge >= 0.3 is 0 Å². The van der Waals surface area contributed by atoms with Gasteiger partial charge in [-0.15, -0.1) is 5.10 Å². The van der Waals surface area contributed by atoms with Crippen LogP contribution in [0.5, 0.6) is 11.5 Å². The van der Waals surface area contributed by atoms with Gasteiger partial charge in [-0.05, 0) is 36.2 Å². The predicted octanol–water partition coefficient (Wildman–Crippen LogP) is 2.88. The third-order valence-electron chi connectivity index (χ3n) is 4.34. The molecule has 8 nitrogen and oxygen atoms in total. The fourth-order valence-electron chi connectivity index (χ4n) is 2.91. The number of anilines is 1. The Morgan fingerprint density at radius 3 is 2.61 bits per heavy atom. The maximum absolute atomic E-state index is 5.35. The molecule has 0 bridgehead atoms.